The van der Waals surface area contributed by atoms with E-state index in [0.717, 1.165) is 32.1 Å². The van der Waals surface area contributed by atoms with Crippen LogP contribution >= 0.6 is 0 Å². The first kappa shape index (κ1) is 22.5. The molecule has 1 aliphatic carbocycles. The average molecular weight is 440 g/mol. The first-order valence-electron chi connectivity index (χ1n) is 11.9. The molecule has 172 valence electrons. The minimum atomic E-state index is -0.325. The maximum absolute atomic E-state index is 13.2. The van der Waals surface area contributed by atoms with Crippen molar-refractivity contribution in [2.75, 3.05) is 32.7 Å². The summed E-state index contributed by atoms with van der Waals surface area (Å²) in [6.07, 6.45) is 6.18. The van der Waals surface area contributed by atoms with Gasteiger partial charge in [0.2, 0.25) is 5.91 Å². The zero-order valence-electron chi connectivity index (χ0n) is 19.1. The fourth-order valence-electron chi connectivity index (χ4n) is 5.09. The molecule has 1 aromatic rings. The van der Waals surface area contributed by atoms with Crippen molar-refractivity contribution in [2.24, 2.45) is 11.8 Å². The van der Waals surface area contributed by atoms with Crippen LogP contribution in [0.1, 0.15) is 83.4 Å². The molecule has 0 spiro atoms. The van der Waals surface area contributed by atoms with Crippen LogP contribution in [0, 0.1) is 11.8 Å². The maximum atomic E-state index is 13.2. The van der Waals surface area contributed by atoms with Crippen LogP contribution in [0.2, 0.25) is 0 Å². The van der Waals surface area contributed by atoms with E-state index in [1.807, 2.05) is 18.7 Å². The van der Waals surface area contributed by atoms with Crippen molar-refractivity contribution in [1.29, 1.82) is 0 Å². The summed E-state index contributed by atoms with van der Waals surface area (Å²) in [4.78, 5) is 56.4. The molecule has 7 nitrogen and oxygen atoms in total. The lowest BCUT2D eigenvalue weighted by Gasteiger charge is -2.28. The molecule has 2 heterocycles. The van der Waals surface area contributed by atoms with Gasteiger partial charge in [-0.1, -0.05) is 33.1 Å². The molecule has 2 aliphatic heterocycles. The molecule has 1 saturated carbocycles. The number of carbonyl (C=O) groups excluding carboxylic acids is 4. The van der Waals surface area contributed by atoms with Crippen LogP contribution in [-0.2, 0) is 4.79 Å². The van der Waals surface area contributed by atoms with Crippen LogP contribution < -0.4 is 0 Å². The number of hydrogen-bond acceptors (Lipinski definition) is 4. The molecule has 4 rings (SSSR count). The summed E-state index contributed by atoms with van der Waals surface area (Å²) >= 11 is 0. The van der Waals surface area contributed by atoms with Crippen molar-refractivity contribution < 1.29 is 19.2 Å². The lowest BCUT2D eigenvalue weighted by molar-refractivity contribution is -0.136. The molecule has 7 heteroatoms. The summed E-state index contributed by atoms with van der Waals surface area (Å²) in [5.74, 6) is -0.208. The predicted molar refractivity (Wildman–Crippen MR) is 120 cm³/mol. The molecule has 0 bridgehead atoms. The molecule has 0 radical (unpaired) electrons. The van der Waals surface area contributed by atoms with Gasteiger partial charge in [-0.2, -0.15) is 0 Å². The first-order chi connectivity index (χ1) is 15.4. The highest BCUT2D eigenvalue weighted by molar-refractivity contribution is 6.22. The Morgan fingerprint density at radius 3 is 2.25 bits per heavy atom. The fourth-order valence-corrected chi connectivity index (χ4v) is 5.09. The Labute approximate surface area is 189 Å². The molecule has 3 aliphatic rings. The lowest BCUT2D eigenvalue weighted by Crippen LogP contribution is -2.40. The summed E-state index contributed by atoms with van der Waals surface area (Å²) in [7, 11) is 0. The molecule has 0 unspecified atom stereocenters. The third-order valence-corrected chi connectivity index (χ3v) is 6.81. The summed E-state index contributed by atoms with van der Waals surface area (Å²) in [5.41, 5.74) is 1.10. The minimum Gasteiger partial charge on any atom is -0.341 e. The molecule has 4 amide bonds. The molecular formula is C25H33N3O4. The Bertz CT molecular complexity index is 920. The average Bonchev–Trinajstić information content (AvgIpc) is 2.97. The number of nitrogens with zero attached hydrogens (tertiary/aromatic N) is 3. The van der Waals surface area contributed by atoms with Crippen molar-refractivity contribution in [1.82, 2.24) is 14.7 Å². The van der Waals surface area contributed by atoms with E-state index in [2.05, 4.69) is 0 Å². The Balaban J connectivity index is 1.43. The van der Waals surface area contributed by atoms with Crippen LogP contribution in [0.4, 0.5) is 0 Å². The number of benzene rings is 1. The monoisotopic (exact) mass is 439 g/mol. The van der Waals surface area contributed by atoms with Crippen molar-refractivity contribution in [3.63, 3.8) is 0 Å². The molecular weight excluding hydrogens is 406 g/mol. The van der Waals surface area contributed by atoms with Crippen molar-refractivity contribution >= 4 is 23.6 Å². The van der Waals surface area contributed by atoms with Gasteiger partial charge in [-0.15, -0.1) is 0 Å². The SMILES string of the molecule is CC(C)CN1C(=O)c2ccc(C(=O)N3CCCN(C(=O)C4CCCCC4)CC3)cc2C1=O. The van der Waals surface area contributed by atoms with E-state index in [1.54, 1.807) is 23.1 Å². The van der Waals surface area contributed by atoms with E-state index in [1.165, 1.54) is 11.3 Å². The van der Waals surface area contributed by atoms with Crippen LogP contribution in [0.25, 0.3) is 0 Å². The number of hydrogen-bond donors (Lipinski definition) is 0. The first-order valence-corrected chi connectivity index (χ1v) is 11.9. The van der Waals surface area contributed by atoms with E-state index in [9.17, 15) is 19.2 Å². The van der Waals surface area contributed by atoms with Gasteiger partial charge in [-0.3, -0.25) is 24.1 Å². The maximum Gasteiger partial charge on any atom is 0.261 e. The van der Waals surface area contributed by atoms with Gasteiger partial charge in [0.25, 0.3) is 17.7 Å². The third-order valence-electron chi connectivity index (χ3n) is 6.81. The van der Waals surface area contributed by atoms with Gasteiger partial charge in [0.15, 0.2) is 0 Å². The number of rotatable bonds is 4. The largest absolute Gasteiger partial charge is 0.341 e. The summed E-state index contributed by atoms with van der Waals surface area (Å²) in [6, 6.07) is 4.80. The Morgan fingerprint density at radius 2 is 1.53 bits per heavy atom. The number of amides is 4. The van der Waals surface area contributed by atoms with E-state index in [0.29, 0.717) is 49.4 Å². The van der Waals surface area contributed by atoms with Gasteiger partial charge in [0.05, 0.1) is 11.1 Å². The van der Waals surface area contributed by atoms with Crippen molar-refractivity contribution in [3.05, 3.63) is 34.9 Å². The second-order valence-electron chi connectivity index (χ2n) is 9.68. The predicted octanol–water partition coefficient (Wildman–Crippen LogP) is 3.19. The van der Waals surface area contributed by atoms with Crippen LogP contribution in [0.5, 0.6) is 0 Å². The molecule has 0 N–H and O–H groups in total. The Morgan fingerprint density at radius 1 is 0.875 bits per heavy atom. The summed E-state index contributed by atoms with van der Waals surface area (Å²) < 4.78 is 0. The third kappa shape index (κ3) is 4.43. The second kappa shape index (κ2) is 9.43. The van der Waals surface area contributed by atoms with Gasteiger partial charge in [-0.25, -0.2) is 0 Å². The quantitative estimate of drug-likeness (QED) is 0.675. The highest BCUT2D eigenvalue weighted by Gasteiger charge is 2.36. The van der Waals surface area contributed by atoms with Crippen LogP contribution in [0.15, 0.2) is 18.2 Å². The van der Waals surface area contributed by atoms with Crippen molar-refractivity contribution in [3.8, 4) is 0 Å². The highest BCUT2D eigenvalue weighted by atomic mass is 16.2. The van der Waals surface area contributed by atoms with Crippen LogP contribution in [-0.4, -0.2) is 71.1 Å². The van der Waals surface area contributed by atoms with Gasteiger partial charge in [0, 0.05) is 44.2 Å². The second-order valence-corrected chi connectivity index (χ2v) is 9.68. The zero-order valence-corrected chi connectivity index (χ0v) is 19.1. The Kier molecular flexibility index (Phi) is 6.63. The van der Waals surface area contributed by atoms with Gasteiger partial charge >= 0.3 is 0 Å². The molecule has 2 fully saturated rings. The molecule has 1 aromatic carbocycles. The normalized spacial score (nSPS) is 20.0. The van der Waals surface area contributed by atoms with E-state index in [4.69, 9.17) is 0 Å². The van der Waals surface area contributed by atoms with Gasteiger partial charge in [-0.05, 0) is 43.4 Å². The standard InChI is InChI=1S/C25H33N3O4/c1-17(2)16-28-24(31)20-10-9-19(15-21(20)25(28)32)23(30)27-12-6-11-26(13-14-27)22(29)18-7-4-3-5-8-18/h9-10,15,17-18H,3-8,11-14,16H2,1-2H3. The van der Waals surface area contributed by atoms with Crippen LogP contribution in [0.3, 0.4) is 0 Å². The zero-order chi connectivity index (χ0) is 22.8. The highest BCUT2D eigenvalue weighted by Crippen LogP contribution is 2.27. The van der Waals surface area contributed by atoms with Gasteiger partial charge < -0.3 is 9.80 Å². The summed E-state index contributed by atoms with van der Waals surface area (Å²) in [5, 5.41) is 0. The smallest absolute Gasteiger partial charge is 0.261 e. The summed E-state index contributed by atoms with van der Waals surface area (Å²) in [6.45, 7) is 6.58. The van der Waals surface area contributed by atoms with Crippen molar-refractivity contribution in [2.45, 2.75) is 52.4 Å². The number of imide groups is 1. The lowest BCUT2D eigenvalue weighted by atomic mass is 9.88. The van der Waals surface area contributed by atoms with E-state index >= 15 is 0 Å². The van der Waals surface area contributed by atoms with E-state index in [-0.39, 0.29) is 35.5 Å². The Hall–Kier alpha value is -2.70. The molecule has 32 heavy (non-hydrogen) atoms. The fraction of sp³-hybridized carbons (Fsp3) is 0.600. The number of carbonyl (C=O) groups is 4. The van der Waals surface area contributed by atoms with Gasteiger partial charge in [0.1, 0.15) is 0 Å². The minimum absolute atomic E-state index is 0.139. The molecule has 1 saturated heterocycles. The molecule has 0 atom stereocenters. The number of fused-ring (bicyclic) bond motifs is 1. The molecule has 0 aromatic heterocycles. The topological polar surface area (TPSA) is 78.0 Å². The van der Waals surface area contributed by atoms with E-state index < -0.39 is 0 Å².